The standard InChI is InChI=1S/C12H9N5O2S/c1-20(18,19)11-4-2-3-9(12(11)15)17-7-16-8(5-13)10(17)6-14/h2-4,7H,15H2,1H3. The van der Waals surface area contributed by atoms with E-state index in [2.05, 4.69) is 4.98 Å². The molecule has 1 heterocycles. The van der Waals surface area contributed by atoms with Gasteiger partial charge in [-0.2, -0.15) is 10.5 Å². The quantitative estimate of drug-likeness (QED) is 0.806. The molecule has 0 radical (unpaired) electrons. The van der Waals surface area contributed by atoms with E-state index in [1.807, 2.05) is 6.07 Å². The molecule has 0 aliphatic carbocycles. The van der Waals surface area contributed by atoms with Crippen molar-refractivity contribution in [1.82, 2.24) is 9.55 Å². The van der Waals surface area contributed by atoms with Crippen LogP contribution in [0.25, 0.3) is 5.69 Å². The molecule has 2 N–H and O–H groups in total. The second-order valence-corrected chi connectivity index (χ2v) is 5.98. The minimum Gasteiger partial charge on any atom is -0.396 e. The normalized spacial score (nSPS) is 10.8. The van der Waals surface area contributed by atoms with Crippen LogP contribution in [0.4, 0.5) is 5.69 Å². The molecule has 0 unspecified atom stereocenters. The van der Waals surface area contributed by atoms with Crippen LogP contribution in [0.1, 0.15) is 11.4 Å². The van der Waals surface area contributed by atoms with Crippen molar-refractivity contribution in [2.75, 3.05) is 12.0 Å². The van der Waals surface area contributed by atoms with Gasteiger partial charge in [0.25, 0.3) is 0 Å². The molecule has 0 aliphatic heterocycles. The zero-order valence-electron chi connectivity index (χ0n) is 10.4. The van der Waals surface area contributed by atoms with Gasteiger partial charge in [-0.1, -0.05) is 6.07 Å². The first-order valence-electron chi connectivity index (χ1n) is 5.36. The highest BCUT2D eigenvalue weighted by Crippen LogP contribution is 2.26. The lowest BCUT2D eigenvalue weighted by atomic mass is 10.2. The molecule has 2 aromatic rings. The van der Waals surface area contributed by atoms with Crippen LogP contribution in [-0.4, -0.2) is 24.2 Å². The van der Waals surface area contributed by atoms with Crippen LogP contribution in [0.2, 0.25) is 0 Å². The van der Waals surface area contributed by atoms with E-state index in [1.165, 1.54) is 23.0 Å². The van der Waals surface area contributed by atoms with Gasteiger partial charge in [0.15, 0.2) is 21.2 Å². The van der Waals surface area contributed by atoms with Crippen LogP contribution < -0.4 is 5.73 Å². The average molecular weight is 287 g/mol. The van der Waals surface area contributed by atoms with Gasteiger partial charge in [-0.15, -0.1) is 0 Å². The fourth-order valence-electron chi connectivity index (χ4n) is 1.79. The van der Waals surface area contributed by atoms with E-state index in [9.17, 15) is 8.42 Å². The van der Waals surface area contributed by atoms with Crippen molar-refractivity contribution in [1.29, 1.82) is 10.5 Å². The smallest absolute Gasteiger partial charge is 0.177 e. The van der Waals surface area contributed by atoms with Crippen molar-refractivity contribution < 1.29 is 8.42 Å². The van der Waals surface area contributed by atoms with Gasteiger partial charge in [0.05, 0.1) is 16.3 Å². The highest BCUT2D eigenvalue weighted by molar-refractivity contribution is 7.90. The lowest BCUT2D eigenvalue weighted by Crippen LogP contribution is -2.07. The first kappa shape index (κ1) is 13.6. The zero-order chi connectivity index (χ0) is 14.9. The summed E-state index contributed by atoms with van der Waals surface area (Å²) in [5.74, 6) is 0. The van der Waals surface area contributed by atoms with Crippen LogP contribution in [0.5, 0.6) is 0 Å². The molecular weight excluding hydrogens is 278 g/mol. The molecule has 0 bridgehead atoms. The summed E-state index contributed by atoms with van der Waals surface area (Å²) in [7, 11) is -3.49. The Morgan fingerprint density at radius 3 is 2.55 bits per heavy atom. The van der Waals surface area contributed by atoms with Crippen molar-refractivity contribution in [2.45, 2.75) is 4.90 Å². The van der Waals surface area contributed by atoms with Crippen LogP contribution in [0, 0.1) is 22.7 Å². The molecule has 0 amide bonds. The predicted molar refractivity (Wildman–Crippen MR) is 70.5 cm³/mol. The Bertz CT molecular complexity index is 868. The Hall–Kier alpha value is -2.84. The number of nitrogens with zero attached hydrogens (tertiary/aromatic N) is 4. The summed E-state index contributed by atoms with van der Waals surface area (Å²) in [5, 5.41) is 17.9. The fraction of sp³-hybridized carbons (Fsp3) is 0.0833. The van der Waals surface area contributed by atoms with E-state index >= 15 is 0 Å². The molecular formula is C12H9N5O2S. The zero-order valence-corrected chi connectivity index (χ0v) is 11.2. The lowest BCUT2D eigenvalue weighted by molar-refractivity contribution is 0.602. The van der Waals surface area contributed by atoms with Gasteiger partial charge in [0, 0.05) is 6.26 Å². The second-order valence-electron chi connectivity index (χ2n) is 4.00. The Kier molecular flexibility index (Phi) is 3.18. The summed E-state index contributed by atoms with van der Waals surface area (Å²) in [4.78, 5) is 3.75. The van der Waals surface area contributed by atoms with E-state index in [1.54, 1.807) is 12.1 Å². The van der Waals surface area contributed by atoms with Gasteiger partial charge < -0.3 is 5.73 Å². The number of nitrogens with two attached hydrogens (primary N) is 1. The van der Waals surface area contributed by atoms with Crippen molar-refractivity contribution in [3.8, 4) is 17.8 Å². The molecule has 1 aromatic heterocycles. The minimum absolute atomic E-state index is 0.00449. The second kappa shape index (κ2) is 4.68. The molecule has 20 heavy (non-hydrogen) atoms. The van der Waals surface area contributed by atoms with E-state index < -0.39 is 9.84 Å². The predicted octanol–water partition coefficient (Wildman–Crippen LogP) is 0.601. The third-order valence-corrected chi connectivity index (χ3v) is 3.84. The Morgan fingerprint density at radius 2 is 2.00 bits per heavy atom. The fourth-order valence-corrected chi connectivity index (χ4v) is 2.62. The third-order valence-electron chi connectivity index (χ3n) is 2.68. The van der Waals surface area contributed by atoms with Crippen molar-refractivity contribution in [3.05, 3.63) is 35.9 Å². The lowest BCUT2D eigenvalue weighted by Gasteiger charge is -2.10. The van der Waals surface area contributed by atoms with Crippen LogP contribution >= 0.6 is 0 Å². The summed E-state index contributed by atoms with van der Waals surface area (Å²) in [5.41, 5.74) is 6.11. The SMILES string of the molecule is CS(=O)(=O)c1cccc(-n2cnc(C#N)c2C#N)c1N. The molecule has 0 aliphatic rings. The number of rotatable bonds is 2. The molecule has 0 saturated heterocycles. The molecule has 2 rings (SSSR count). The Morgan fingerprint density at radius 1 is 1.30 bits per heavy atom. The van der Waals surface area contributed by atoms with E-state index in [-0.39, 0.29) is 22.0 Å². The summed E-state index contributed by atoms with van der Waals surface area (Å²) in [6, 6.07) is 8.08. The molecule has 7 nitrogen and oxygen atoms in total. The topological polar surface area (TPSA) is 126 Å². The summed E-state index contributed by atoms with van der Waals surface area (Å²) in [6.45, 7) is 0. The number of para-hydroxylation sites is 1. The van der Waals surface area contributed by atoms with Gasteiger partial charge in [-0.25, -0.2) is 13.4 Å². The number of nitriles is 2. The number of benzene rings is 1. The maximum atomic E-state index is 11.6. The molecule has 8 heteroatoms. The van der Waals surface area contributed by atoms with Gasteiger partial charge in [0.1, 0.15) is 18.5 Å². The van der Waals surface area contributed by atoms with Crippen LogP contribution in [0.15, 0.2) is 29.4 Å². The summed E-state index contributed by atoms with van der Waals surface area (Å²) >= 11 is 0. The Labute approximate surface area is 115 Å². The van der Waals surface area contributed by atoms with Gasteiger partial charge in [-0.05, 0) is 12.1 Å². The molecule has 100 valence electrons. The maximum absolute atomic E-state index is 11.6. The molecule has 0 fully saturated rings. The van der Waals surface area contributed by atoms with E-state index in [0.717, 1.165) is 6.26 Å². The van der Waals surface area contributed by atoms with Gasteiger partial charge in [0.2, 0.25) is 0 Å². The maximum Gasteiger partial charge on any atom is 0.177 e. The molecule has 0 saturated carbocycles. The first-order chi connectivity index (χ1) is 9.40. The Balaban J connectivity index is 2.77. The summed E-state index contributed by atoms with van der Waals surface area (Å²) < 4.78 is 24.6. The van der Waals surface area contributed by atoms with Gasteiger partial charge >= 0.3 is 0 Å². The monoisotopic (exact) mass is 287 g/mol. The largest absolute Gasteiger partial charge is 0.396 e. The van der Waals surface area contributed by atoms with Crippen LogP contribution in [-0.2, 0) is 9.84 Å². The number of anilines is 1. The number of hydrogen-bond donors (Lipinski definition) is 1. The highest BCUT2D eigenvalue weighted by Gasteiger charge is 2.18. The first-order valence-corrected chi connectivity index (χ1v) is 7.25. The molecule has 1 aromatic carbocycles. The van der Waals surface area contributed by atoms with Crippen molar-refractivity contribution >= 4 is 15.5 Å². The summed E-state index contributed by atoms with van der Waals surface area (Å²) in [6.07, 6.45) is 2.30. The van der Waals surface area contributed by atoms with Crippen LogP contribution in [0.3, 0.4) is 0 Å². The van der Waals surface area contributed by atoms with E-state index in [0.29, 0.717) is 5.69 Å². The number of sulfone groups is 1. The molecule has 0 spiro atoms. The van der Waals surface area contributed by atoms with Crippen molar-refractivity contribution in [2.24, 2.45) is 0 Å². The van der Waals surface area contributed by atoms with Crippen molar-refractivity contribution in [3.63, 3.8) is 0 Å². The average Bonchev–Trinajstić information content (AvgIpc) is 2.80. The highest BCUT2D eigenvalue weighted by atomic mass is 32.2. The minimum atomic E-state index is -3.49. The third kappa shape index (κ3) is 2.09. The number of hydrogen-bond acceptors (Lipinski definition) is 6. The number of aromatic nitrogens is 2. The van der Waals surface area contributed by atoms with Gasteiger partial charge in [-0.3, -0.25) is 4.57 Å². The molecule has 0 atom stereocenters. The van der Waals surface area contributed by atoms with E-state index in [4.69, 9.17) is 16.3 Å². The number of imidazole rings is 1. The number of nitrogen functional groups attached to an aromatic ring is 1.